The van der Waals surface area contributed by atoms with Crippen LogP contribution in [0.1, 0.15) is 33.4 Å². The minimum atomic E-state index is 0.363. The largest absolute Gasteiger partial charge is 0.308 e. The summed E-state index contributed by atoms with van der Waals surface area (Å²) in [6.07, 6.45) is 7.07. The van der Waals surface area contributed by atoms with Gasteiger partial charge in [-0.25, -0.2) is 39.3 Å². The number of fused-ring (bicyclic) bond motifs is 12. The van der Waals surface area contributed by atoms with Crippen LogP contribution in [-0.4, -0.2) is 38.2 Å². The summed E-state index contributed by atoms with van der Waals surface area (Å²) in [6, 6.07) is 143. The van der Waals surface area contributed by atoms with Crippen molar-refractivity contribution in [2.75, 3.05) is 0 Å². The van der Waals surface area contributed by atoms with Crippen LogP contribution >= 0.6 is 0 Å². The average Bonchev–Trinajstić information content (AvgIpc) is 1.61. The maximum Gasteiger partial charge on any atom is 0.189 e. The van der Waals surface area contributed by atoms with Crippen molar-refractivity contribution >= 4 is 110 Å². The molecular formula is C126H70N18. The highest BCUT2D eigenvalue weighted by atomic mass is 15.0. The normalized spacial score (nSPS) is 10.7. The molecule has 6 heterocycles. The van der Waals surface area contributed by atoms with Gasteiger partial charge in [-0.1, -0.05) is 267 Å². The number of nitriles is 6. The molecule has 0 atom stereocenters. The van der Waals surface area contributed by atoms with Crippen molar-refractivity contribution in [2.24, 2.45) is 0 Å². The monoisotopic (exact) mass is 1830 g/mol. The van der Waals surface area contributed by atoms with Crippen LogP contribution in [0.5, 0.6) is 0 Å². The standard InChI is InChI=1S/2C34H17N5.C32H19N3.C26H17N5/c1-37-26-16-22(20-35)14-24(18-26)28-10-7-11-29(25-15-23(21-36)17-27(19-25)38-2)34(28)39-32-12-5-3-8-30(32)31-9-4-6-13-33(31)39;35-18-22-8-5-9-23(19-36)32(22)28-14-7-15-29(33-24(20-37)10-6-11-25(33)21-38)34(28)39-30-16-3-1-12-26(30)27-13-2-4-17-31(27)39;1-33-24-18-14-22(15-19-24)26-10-7-11-27(23-16-20-25(34-2)21-17-23)32(26)35-30-12-5-3-8-28(30)29-9-4-6-13-31(29)35;1-3-12-22-18(8-1)19-9-2-4-13-23(19)31(22)24-20(25-27-14-6-15-28-25)10-5-11-21(24)26-29-16-7-17-30-26/h3-19H;1-17H;3-21H;1-17H. The molecule has 24 rings (SSSR count). The maximum absolute atomic E-state index is 10.1. The lowest BCUT2D eigenvalue weighted by atomic mass is 9.88. The van der Waals surface area contributed by atoms with Crippen molar-refractivity contribution in [2.45, 2.75) is 0 Å². The lowest BCUT2D eigenvalue weighted by molar-refractivity contribution is 1.11. The quantitative estimate of drug-likeness (QED) is 0.105. The van der Waals surface area contributed by atoms with E-state index in [0.29, 0.717) is 95.7 Å². The first-order valence-corrected chi connectivity index (χ1v) is 45.8. The summed E-state index contributed by atoms with van der Waals surface area (Å²) in [5.41, 5.74) is 27.8. The molecule has 18 heteroatoms. The molecule has 0 amide bonds. The summed E-state index contributed by atoms with van der Waals surface area (Å²) >= 11 is 0. The summed E-state index contributed by atoms with van der Waals surface area (Å²) < 4.78 is 8.94. The number of benzene rings is 18. The molecule has 0 aliphatic rings. The number of nitrogens with zero attached hydrogens (tertiary/aromatic N) is 18. The Labute approximate surface area is 827 Å². The van der Waals surface area contributed by atoms with Gasteiger partial charge in [0.1, 0.15) is 0 Å². The van der Waals surface area contributed by atoms with Crippen LogP contribution in [0.2, 0.25) is 0 Å². The molecule has 0 unspecified atom stereocenters. The third-order valence-electron chi connectivity index (χ3n) is 25.7. The van der Waals surface area contributed by atoms with Crippen molar-refractivity contribution in [3.63, 3.8) is 0 Å². The molecule has 0 radical (unpaired) electrons. The van der Waals surface area contributed by atoms with Crippen LogP contribution in [-0.2, 0) is 0 Å². The van der Waals surface area contributed by atoms with Crippen molar-refractivity contribution in [3.05, 3.63) is 504 Å². The van der Waals surface area contributed by atoms with E-state index < -0.39 is 0 Å². The Hall–Kier alpha value is -21.8. The van der Waals surface area contributed by atoms with Crippen LogP contribution in [0.3, 0.4) is 0 Å². The molecule has 18 aromatic carbocycles. The Bertz CT molecular complexity index is 9130. The fraction of sp³-hybridized carbons (Fsp3) is 0. The Morgan fingerprint density at radius 3 is 0.667 bits per heavy atom. The van der Waals surface area contributed by atoms with Gasteiger partial charge < -0.3 is 18.3 Å². The minimum Gasteiger partial charge on any atom is -0.308 e. The second kappa shape index (κ2) is 38.9. The van der Waals surface area contributed by atoms with Gasteiger partial charge in [0.05, 0.1) is 152 Å². The molecule has 144 heavy (non-hydrogen) atoms. The van der Waals surface area contributed by atoms with Crippen LogP contribution in [0, 0.1) is 94.3 Å². The molecule has 24 aromatic rings. The third kappa shape index (κ3) is 16.1. The molecule has 18 nitrogen and oxygen atoms in total. The predicted octanol–water partition coefficient (Wildman–Crippen LogP) is 31.5. The number of para-hydroxylation sites is 12. The van der Waals surface area contributed by atoms with Gasteiger partial charge >= 0.3 is 0 Å². The van der Waals surface area contributed by atoms with Gasteiger partial charge in [-0.05, 0) is 156 Å². The SMILES string of the molecule is N#Cc1cccc(C#N)c1-c1cccc(-c2c(C#N)cccc2C#N)c1-n1c2ccccc2c2ccccc21.[C-]#[N+]c1cc(C#N)cc(-c2cccc(-c3cc(C#N)cc([N+]#[C-])c3)c2-n2c3ccccc3c3ccccc32)c1.[C-]#[N+]c1ccc(-c2cccc(-c3ccc([N+]#[C-])cc3)c2-n2c3ccccc3c3ccccc32)cc1.c1cnc(-c2cccc(-c3ncccn3)c2-n2c3ccccc3c3ccccc32)nc1. The average molecular weight is 1840 g/mol. The van der Waals surface area contributed by atoms with E-state index in [4.69, 9.17) is 26.3 Å². The topological polar surface area (TPSA) is 231 Å². The number of hydrogen-bond donors (Lipinski definition) is 0. The van der Waals surface area contributed by atoms with Gasteiger partial charge in [-0.2, -0.15) is 31.6 Å². The van der Waals surface area contributed by atoms with Crippen molar-refractivity contribution < 1.29 is 0 Å². The lowest BCUT2D eigenvalue weighted by Gasteiger charge is -2.21. The minimum absolute atomic E-state index is 0.363. The summed E-state index contributed by atoms with van der Waals surface area (Å²) in [5, 5.41) is 68.7. The first-order valence-electron chi connectivity index (χ1n) is 45.8. The van der Waals surface area contributed by atoms with Crippen molar-refractivity contribution in [1.29, 1.82) is 31.6 Å². The van der Waals surface area contributed by atoms with Gasteiger partial charge in [-0.15, -0.1) is 0 Å². The highest BCUT2D eigenvalue weighted by molar-refractivity contribution is 6.15. The smallest absolute Gasteiger partial charge is 0.189 e. The summed E-state index contributed by atoms with van der Waals surface area (Å²) in [5.74, 6) is 1.33. The number of rotatable bonds is 12. The molecule has 0 N–H and O–H groups in total. The highest BCUT2D eigenvalue weighted by Crippen LogP contribution is 2.50. The molecule has 0 fully saturated rings. The van der Waals surface area contributed by atoms with E-state index in [1.54, 1.807) is 97.6 Å². The molecule has 0 bridgehead atoms. The van der Waals surface area contributed by atoms with E-state index >= 15 is 0 Å². The lowest BCUT2D eigenvalue weighted by Crippen LogP contribution is -2.04. The first-order chi connectivity index (χ1) is 71.0. The zero-order valence-electron chi connectivity index (χ0n) is 76.5. The predicted molar refractivity (Wildman–Crippen MR) is 571 cm³/mol. The van der Waals surface area contributed by atoms with Gasteiger partial charge in [0, 0.05) is 135 Å². The van der Waals surface area contributed by atoms with Gasteiger partial charge in [0.15, 0.2) is 34.4 Å². The van der Waals surface area contributed by atoms with Gasteiger partial charge in [-0.3, -0.25) is 0 Å². The van der Waals surface area contributed by atoms with Gasteiger partial charge in [0.2, 0.25) is 0 Å². The van der Waals surface area contributed by atoms with E-state index in [0.717, 1.165) is 138 Å². The Morgan fingerprint density at radius 2 is 0.417 bits per heavy atom. The highest BCUT2D eigenvalue weighted by Gasteiger charge is 2.29. The molecule has 0 aliphatic heterocycles. The Balaban J connectivity index is 0.000000114. The van der Waals surface area contributed by atoms with Crippen molar-refractivity contribution in [1.82, 2.24) is 38.2 Å². The first kappa shape index (κ1) is 88.8. The zero-order valence-corrected chi connectivity index (χ0v) is 76.5. The molecule has 0 saturated carbocycles. The summed E-state index contributed by atoms with van der Waals surface area (Å²) in [6.45, 7) is 29.9. The van der Waals surface area contributed by atoms with Crippen LogP contribution in [0.4, 0.5) is 22.7 Å². The molecule has 664 valence electrons. The second-order valence-electron chi connectivity index (χ2n) is 33.6. The van der Waals surface area contributed by atoms with E-state index in [-0.39, 0.29) is 0 Å². The fourth-order valence-corrected chi connectivity index (χ4v) is 19.6. The molecule has 0 aliphatic carbocycles. The Kier molecular flexibility index (Phi) is 24.0. The van der Waals surface area contributed by atoms with E-state index in [2.05, 4.69) is 258 Å². The number of aromatic nitrogens is 8. The molecule has 6 aromatic heterocycles. The summed E-state index contributed by atoms with van der Waals surface area (Å²) in [7, 11) is 0. The Morgan fingerprint density at radius 1 is 0.194 bits per heavy atom. The van der Waals surface area contributed by atoms with Crippen LogP contribution in [0.15, 0.2) is 425 Å². The maximum atomic E-state index is 10.1. The third-order valence-corrected chi connectivity index (χ3v) is 25.7. The van der Waals surface area contributed by atoms with Crippen LogP contribution in [0.25, 0.3) is 219 Å². The molecule has 0 spiro atoms. The molecular weight excluding hydrogens is 1770 g/mol. The molecule has 0 saturated heterocycles. The van der Waals surface area contributed by atoms with Crippen molar-refractivity contribution in [3.8, 4) is 149 Å². The zero-order chi connectivity index (χ0) is 98.3. The van der Waals surface area contributed by atoms with E-state index in [1.165, 1.54) is 21.5 Å². The van der Waals surface area contributed by atoms with E-state index in [9.17, 15) is 31.6 Å². The second-order valence-corrected chi connectivity index (χ2v) is 33.6. The van der Waals surface area contributed by atoms with E-state index in [1.807, 2.05) is 164 Å². The van der Waals surface area contributed by atoms with Crippen LogP contribution < -0.4 is 0 Å². The summed E-state index contributed by atoms with van der Waals surface area (Å²) in [4.78, 5) is 32.5. The fourth-order valence-electron chi connectivity index (χ4n) is 19.6. The number of hydrogen-bond acceptors (Lipinski definition) is 10. The van der Waals surface area contributed by atoms with Gasteiger partial charge in [0.25, 0.3) is 0 Å².